The van der Waals surface area contributed by atoms with Gasteiger partial charge in [0.2, 0.25) is 5.95 Å². The van der Waals surface area contributed by atoms with E-state index >= 15 is 0 Å². The number of fused-ring (bicyclic) bond motifs is 1. The van der Waals surface area contributed by atoms with E-state index in [1.54, 1.807) is 0 Å². The standard InChI is InChI=1S/C19H21N5O3S/c25-18(24-15-6-8-28(26,27)12-15)14-10-22-19(23-11-14)20-7-5-13-9-21-17-4-2-1-3-16(13)17/h1-4,9-11,15,21H,5-8,12H2,(H,24,25)(H,20,22,23). The molecule has 0 bridgehead atoms. The number of hydrogen-bond acceptors (Lipinski definition) is 6. The topological polar surface area (TPSA) is 117 Å². The number of para-hydroxylation sites is 1. The summed E-state index contributed by atoms with van der Waals surface area (Å²) >= 11 is 0. The quantitative estimate of drug-likeness (QED) is 0.579. The van der Waals surface area contributed by atoms with Crippen molar-refractivity contribution in [2.24, 2.45) is 0 Å². The number of H-pyrrole nitrogens is 1. The summed E-state index contributed by atoms with van der Waals surface area (Å²) in [7, 11) is -3.03. The molecule has 1 saturated heterocycles. The number of benzene rings is 1. The number of carbonyl (C=O) groups is 1. The summed E-state index contributed by atoms with van der Waals surface area (Å²) in [5.41, 5.74) is 2.64. The molecule has 1 amide bonds. The van der Waals surface area contributed by atoms with Gasteiger partial charge in [-0.05, 0) is 24.5 Å². The van der Waals surface area contributed by atoms with E-state index in [9.17, 15) is 13.2 Å². The summed E-state index contributed by atoms with van der Waals surface area (Å²) in [5.74, 6) is 0.202. The van der Waals surface area contributed by atoms with Gasteiger partial charge in [-0.25, -0.2) is 18.4 Å². The zero-order valence-electron chi connectivity index (χ0n) is 15.2. The lowest BCUT2D eigenvalue weighted by Gasteiger charge is -2.10. The van der Waals surface area contributed by atoms with E-state index < -0.39 is 9.84 Å². The van der Waals surface area contributed by atoms with Gasteiger partial charge in [0.05, 0.1) is 17.1 Å². The lowest BCUT2D eigenvalue weighted by molar-refractivity contribution is 0.0940. The number of nitrogens with zero attached hydrogens (tertiary/aromatic N) is 2. The lowest BCUT2D eigenvalue weighted by atomic mass is 10.1. The highest BCUT2D eigenvalue weighted by molar-refractivity contribution is 7.91. The normalized spacial score (nSPS) is 18.2. The second-order valence-corrected chi connectivity index (χ2v) is 9.13. The van der Waals surface area contributed by atoms with Crippen LogP contribution in [-0.4, -0.2) is 53.4 Å². The molecule has 0 radical (unpaired) electrons. The first-order valence-corrected chi connectivity index (χ1v) is 10.9. The Kier molecular flexibility index (Phi) is 4.99. The van der Waals surface area contributed by atoms with Gasteiger partial charge in [-0.3, -0.25) is 4.79 Å². The maximum Gasteiger partial charge on any atom is 0.254 e. The molecule has 1 aliphatic rings. The molecule has 146 valence electrons. The van der Waals surface area contributed by atoms with E-state index in [0.29, 0.717) is 24.5 Å². The molecule has 1 atom stereocenters. The number of aromatic nitrogens is 3. The Balaban J connectivity index is 1.30. The zero-order valence-corrected chi connectivity index (χ0v) is 16.0. The molecule has 1 unspecified atom stereocenters. The molecule has 0 saturated carbocycles. The van der Waals surface area contributed by atoms with E-state index in [1.807, 2.05) is 24.4 Å². The highest BCUT2D eigenvalue weighted by Gasteiger charge is 2.29. The van der Waals surface area contributed by atoms with Crippen molar-refractivity contribution in [1.82, 2.24) is 20.3 Å². The minimum atomic E-state index is -3.03. The molecule has 0 aliphatic carbocycles. The van der Waals surface area contributed by atoms with Crippen LogP contribution in [0.4, 0.5) is 5.95 Å². The van der Waals surface area contributed by atoms with Crippen LogP contribution in [0.5, 0.6) is 0 Å². The second-order valence-electron chi connectivity index (χ2n) is 6.91. The van der Waals surface area contributed by atoms with Gasteiger partial charge in [0.15, 0.2) is 9.84 Å². The maximum absolute atomic E-state index is 12.2. The average Bonchev–Trinajstić information content (AvgIpc) is 3.25. The fourth-order valence-electron chi connectivity index (χ4n) is 3.36. The molecular weight excluding hydrogens is 378 g/mol. The Bertz CT molecular complexity index is 1090. The Morgan fingerprint density at radius 1 is 1.21 bits per heavy atom. The highest BCUT2D eigenvalue weighted by Crippen LogP contribution is 2.18. The Morgan fingerprint density at radius 2 is 2.00 bits per heavy atom. The van der Waals surface area contributed by atoms with Gasteiger partial charge in [0.1, 0.15) is 0 Å². The molecule has 4 rings (SSSR count). The van der Waals surface area contributed by atoms with E-state index in [-0.39, 0.29) is 23.5 Å². The monoisotopic (exact) mass is 399 g/mol. The molecule has 28 heavy (non-hydrogen) atoms. The van der Waals surface area contributed by atoms with Crippen LogP contribution >= 0.6 is 0 Å². The van der Waals surface area contributed by atoms with Crippen LogP contribution in [0.2, 0.25) is 0 Å². The van der Waals surface area contributed by atoms with Crippen molar-refractivity contribution < 1.29 is 13.2 Å². The van der Waals surface area contributed by atoms with Gasteiger partial charge in [-0.1, -0.05) is 18.2 Å². The third kappa shape index (κ3) is 4.14. The first-order valence-electron chi connectivity index (χ1n) is 9.12. The molecule has 1 fully saturated rings. The van der Waals surface area contributed by atoms with Crippen molar-refractivity contribution in [2.45, 2.75) is 18.9 Å². The van der Waals surface area contributed by atoms with E-state index in [0.717, 1.165) is 11.9 Å². The van der Waals surface area contributed by atoms with Crippen LogP contribution in [0.15, 0.2) is 42.9 Å². The Morgan fingerprint density at radius 3 is 2.75 bits per heavy atom. The predicted molar refractivity (Wildman–Crippen MR) is 107 cm³/mol. The first-order chi connectivity index (χ1) is 13.5. The van der Waals surface area contributed by atoms with Crippen LogP contribution in [0, 0.1) is 0 Å². The smallest absolute Gasteiger partial charge is 0.254 e. The number of aromatic amines is 1. The number of anilines is 1. The molecule has 1 aliphatic heterocycles. The van der Waals surface area contributed by atoms with Crippen LogP contribution < -0.4 is 10.6 Å². The zero-order chi connectivity index (χ0) is 19.6. The number of nitrogens with one attached hydrogen (secondary N) is 3. The number of hydrogen-bond donors (Lipinski definition) is 3. The van der Waals surface area contributed by atoms with Gasteiger partial charge in [0, 0.05) is 42.1 Å². The van der Waals surface area contributed by atoms with Crippen molar-refractivity contribution in [2.75, 3.05) is 23.4 Å². The maximum atomic E-state index is 12.2. The van der Waals surface area contributed by atoms with E-state index in [4.69, 9.17) is 0 Å². The minimum absolute atomic E-state index is 0.00687. The molecule has 3 heterocycles. The van der Waals surface area contributed by atoms with Crippen molar-refractivity contribution >= 4 is 32.6 Å². The van der Waals surface area contributed by atoms with Crippen LogP contribution in [-0.2, 0) is 16.3 Å². The Hall–Kier alpha value is -2.94. The number of amides is 1. The molecule has 1 aromatic carbocycles. The fraction of sp³-hybridized carbons (Fsp3) is 0.316. The highest BCUT2D eigenvalue weighted by atomic mass is 32.2. The van der Waals surface area contributed by atoms with Crippen molar-refractivity contribution in [3.63, 3.8) is 0 Å². The average molecular weight is 399 g/mol. The SMILES string of the molecule is O=C(NC1CCS(=O)(=O)C1)c1cnc(NCCc2c[nH]c3ccccc23)nc1. The van der Waals surface area contributed by atoms with Crippen molar-refractivity contribution in [3.05, 3.63) is 54.0 Å². The molecule has 3 N–H and O–H groups in total. The van der Waals surface area contributed by atoms with Gasteiger partial charge >= 0.3 is 0 Å². The summed E-state index contributed by atoms with van der Waals surface area (Å²) in [6.45, 7) is 0.660. The van der Waals surface area contributed by atoms with E-state index in [2.05, 4.69) is 31.7 Å². The summed E-state index contributed by atoms with van der Waals surface area (Å²) in [6, 6.07) is 7.80. The lowest BCUT2D eigenvalue weighted by Crippen LogP contribution is -2.35. The van der Waals surface area contributed by atoms with Crippen LogP contribution in [0.3, 0.4) is 0 Å². The molecule has 0 spiro atoms. The minimum Gasteiger partial charge on any atom is -0.361 e. The predicted octanol–water partition coefficient (Wildman–Crippen LogP) is 1.53. The Labute approximate surface area is 162 Å². The molecule has 9 heteroatoms. The first kappa shape index (κ1) is 18.4. The van der Waals surface area contributed by atoms with Crippen LogP contribution in [0.25, 0.3) is 10.9 Å². The summed E-state index contributed by atoms with van der Waals surface area (Å²) in [5, 5.41) is 7.08. The summed E-state index contributed by atoms with van der Waals surface area (Å²) < 4.78 is 23.0. The third-order valence-electron chi connectivity index (χ3n) is 4.83. The van der Waals surface area contributed by atoms with Crippen molar-refractivity contribution in [3.8, 4) is 0 Å². The second kappa shape index (κ2) is 7.59. The summed E-state index contributed by atoms with van der Waals surface area (Å²) in [6.07, 6.45) is 6.15. The molecular formula is C19H21N5O3S. The van der Waals surface area contributed by atoms with E-state index in [1.165, 1.54) is 23.3 Å². The fourth-order valence-corrected chi connectivity index (χ4v) is 5.03. The summed E-state index contributed by atoms with van der Waals surface area (Å²) in [4.78, 5) is 23.8. The third-order valence-corrected chi connectivity index (χ3v) is 6.60. The largest absolute Gasteiger partial charge is 0.361 e. The molecule has 2 aromatic heterocycles. The number of sulfone groups is 1. The van der Waals surface area contributed by atoms with Gasteiger partial charge < -0.3 is 15.6 Å². The molecule has 3 aromatic rings. The van der Waals surface area contributed by atoms with Gasteiger partial charge in [-0.15, -0.1) is 0 Å². The molecule has 8 nitrogen and oxygen atoms in total. The van der Waals surface area contributed by atoms with Gasteiger partial charge in [0.25, 0.3) is 5.91 Å². The van der Waals surface area contributed by atoms with Gasteiger partial charge in [-0.2, -0.15) is 0 Å². The number of rotatable bonds is 6. The van der Waals surface area contributed by atoms with Crippen molar-refractivity contribution in [1.29, 1.82) is 0 Å². The number of carbonyl (C=O) groups excluding carboxylic acids is 1. The van der Waals surface area contributed by atoms with Crippen LogP contribution in [0.1, 0.15) is 22.3 Å².